The first-order chi connectivity index (χ1) is 6.72. The molecule has 1 saturated carbocycles. The van der Waals surface area contributed by atoms with Gasteiger partial charge in [-0.3, -0.25) is 4.79 Å². The third-order valence-corrected chi connectivity index (χ3v) is 3.73. The third kappa shape index (κ3) is 1.65. The Hall–Kier alpha value is -0.570. The zero-order valence-electron chi connectivity index (χ0n) is 8.91. The summed E-state index contributed by atoms with van der Waals surface area (Å²) in [6.07, 6.45) is 4.54. The number of nitrogens with zero attached hydrogens (tertiary/aromatic N) is 1. The molecule has 0 aromatic rings. The van der Waals surface area contributed by atoms with E-state index in [0.717, 1.165) is 32.4 Å². The largest absolute Gasteiger partial charge is 0.339 e. The standard InChI is InChI=1S/C11H20N2O/c1-8-5-9(6-12)7-13(8)11(14)10-3-2-4-10/h8-10H,2-7,12H2,1H3. The van der Waals surface area contributed by atoms with Crippen LogP contribution in [0.2, 0.25) is 0 Å². The quantitative estimate of drug-likeness (QED) is 0.715. The Labute approximate surface area is 85.6 Å². The number of carbonyl (C=O) groups is 1. The SMILES string of the molecule is CC1CC(CN)CN1C(=O)C1CCC1. The summed E-state index contributed by atoms with van der Waals surface area (Å²) in [5.41, 5.74) is 5.64. The maximum Gasteiger partial charge on any atom is 0.225 e. The van der Waals surface area contributed by atoms with Gasteiger partial charge in [0, 0.05) is 18.5 Å². The van der Waals surface area contributed by atoms with Gasteiger partial charge in [-0.05, 0) is 38.6 Å². The average Bonchev–Trinajstić information content (AvgIpc) is 2.43. The van der Waals surface area contributed by atoms with Crippen molar-refractivity contribution in [1.29, 1.82) is 0 Å². The molecule has 0 radical (unpaired) electrons. The second-order valence-corrected chi connectivity index (χ2v) is 4.80. The molecule has 2 unspecified atom stereocenters. The minimum Gasteiger partial charge on any atom is -0.339 e. The van der Waals surface area contributed by atoms with Gasteiger partial charge in [-0.25, -0.2) is 0 Å². The second kappa shape index (κ2) is 3.89. The van der Waals surface area contributed by atoms with Crippen LogP contribution in [-0.2, 0) is 4.79 Å². The molecule has 1 aliphatic heterocycles. The van der Waals surface area contributed by atoms with Crippen LogP contribution < -0.4 is 5.73 Å². The van der Waals surface area contributed by atoms with Crippen LogP contribution in [0.5, 0.6) is 0 Å². The molecule has 1 heterocycles. The summed E-state index contributed by atoms with van der Waals surface area (Å²) in [7, 11) is 0. The summed E-state index contributed by atoms with van der Waals surface area (Å²) in [5.74, 6) is 1.27. The number of hydrogen-bond acceptors (Lipinski definition) is 2. The van der Waals surface area contributed by atoms with Crippen molar-refractivity contribution in [3.63, 3.8) is 0 Å². The predicted octanol–water partition coefficient (Wildman–Crippen LogP) is 0.982. The van der Waals surface area contributed by atoms with Gasteiger partial charge in [-0.2, -0.15) is 0 Å². The van der Waals surface area contributed by atoms with Crippen molar-refractivity contribution >= 4 is 5.91 Å². The Morgan fingerprint density at radius 1 is 1.50 bits per heavy atom. The highest BCUT2D eigenvalue weighted by molar-refractivity contribution is 5.80. The molecule has 0 bridgehead atoms. The Morgan fingerprint density at radius 3 is 2.64 bits per heavy atom. The number of carbonyl (C=O) groups excluding carboxylic acids is 1. The van der Waals surface area contributed by atoms with Crippen molar-refractivity contribution < 1.29 is 4.79 Å². The molecule has 0 aromatic heterocycles. The Balaban J connectivity index is 1.93. The van der Waals surface area contributed by atoms with Gasteiger partial charge in [-0.1, -0.05) is 6.42 Å². The van der Waals surface area contributed by atoms with Gasteiger partial charge in [0.2, 0.25) is 5.91 Å². The molecule has 1 saturated heterocycles. The number of amides is 1. The summed E-state index contributed by atoms with van der Waals surface area (Å²) in [5, 5.41) is 0. The average molecular weight is 196 g/mol. The van der Waals surface area contributed by atoms with E-state index in [1.165, 1.54) is 6.42 Å². The van der Waals surface area contributed by atoms with Crippen molar-refractivity contribution in [1.82, 2.24) is 4.90 Å². The summed E-state index contributed by atoms with van der Waals surface area (Å²) >= 11 is 0. The minimum atomic E-state index is 0.342. The van der Waals surface area contributed by atoms with E-state index in [0.29, 0.717) is 23.8 Å². The number of nitrogens with two attached hydrogens (primary N) is 1. The lowest BCUT2D eigenvalue weighted by Gasteiger charge is -2.31. The van der Waals surface area contributed by atoms with Gasteiger partial charge in [0.1, 0.15) is 0 Å². The number of rotatable bonds is 2. The van der Waals surface area contributed by atoms with E-state index in [1.807, 2.05) is 0 Å². The highest BCUT2D eigenvalue weighted by Crippen LogP contribution is 2.32. The first kappa shape index (κ1) is 9.97. The van der Waals surface area contributed by atoms with Crippen molar-refractivity contribution in [2.75, 3.05) is 13.1 Å². The van der Waals surface area contributed by atoms with Crippen LogP contribution in [0.4, 0.5) is 0 Å². The van der Waals surface area contributed by atoms with Gasteiger partial charge >= 0.3 is 0 Å². The summed E-state index contributed by atoms with van der Waals surface area (Å²) < 4.78 is 0. The van der Waals surface area contributed by atoms with E-state index in [4.69, 9.17) is 5.73 Å². The van der Waals surface area contributed by atoms with Crippen LogP contribution in [0, 0.1) is 11.8 Å². The van der Waals surface area contributed by atoms with Crippen LogP contribution >= 0.6 is 0 Å². The number of likely N-dealkylation sites (tertiary alicyclic amines) is 1. The molecule has 2 rings (SSSR count). The monoisotopic (exact) mass is 196 g/mol. The maximum absolute atomic E-state index is 12.0. The molecule has 0 aromatic carbocycles. The first-order valence-corrected chi connectivity index (χ1v) is 5.73. The van der Waals surface area contributed by atoms with Gasteiger partial charge in [0.15, 0.2) is 0 Å². The molecule has 2 fully saturated rings. The fourth-order valence-corrected chi connectivity index (χ4v) is 2.51. The molecule has 1 amide bonds. The van der Waals surface area contributed by atoms with E-state index < -0.39 is 0 Å². The maximum atomic E-state index is 12.0. The van der Waals surface area contributed by atoms with E-state index in [2.05, 4.69) is 11.8 Å². The molecule has 2 N–H and O–H groups in total. The Kier molecular flexibility index (Phi) is 2.77. The van der Waals surface area contributed by atoms with Crippen molar-refractivity contribution in [2.45, 2.75) is 38.6 Å². The van der Waals surface area contributed by atoms with E-state index in [-0.39, 0.29) is 0 Å². The lowest BCUT2D eigenvalue weighted by atomic mass is 9.84. The molecule has 3 nitrogen and oxygen atoms in total. The van der Waals surface area contributed by atoms with Crippen molar-refractivity contribution in [2.24, 2.45) is 17.6 Å². The van der Waals surface area contributed by atoms with E-state index in [9.17, 15) is 4.79 Å². The second-order valence-electron chi connectivity index (χ2n) is 4.80. The first-order valence-electron chi connectivity index (χ1n) is 5.73. The zero-order valence-corrected chi connectivity index (χ0v) is 8.91. The Bertz CT molecular complexity index is 225. The minimum absolute atomic E-state index is 0.342. The van der Waals surface area contributed by atoms with E-state index in [1.54, 1.807) is 0 Å². The normalized spacial score (nSPS) is 33.1. The molecule has 1 aliphatic carbocycles. The highest BCUT2D eigenvalue weighted by atomic mass is 16.2. The molecule has 2 atom stereocenters. The predicted molar refractivity (Wildman–Crippen MR) is 55.7 cm³/mol. The molecule has 0 spiro atoms. The fourth-order valence-electron chi connectivity index (χ4n) is 2.51. The zero-order chi connectivity index (χ0) is 10.1. The molecular weight excluding hydrogens is 176 g/mol. The van der Waals surface area contributed by atoms with Crippen LogP contribution in [0.1, 0.15) is 32.6 Å². The molecule has 14 heavy (non-hydrogen) atoms. The molecular formula is C11H20N2O. The summed E-state index contributed by atoms with van der Waals surface area (Å²) in [6.45, 7) is 3.76. The fraction of sp³-hybridized carbons (Fsp3) is 0.909. The number of hydrogen-bond donors (Lipinski definition) is 1. The lowest BCUT2D eigenvalue weighted by Crippen LogP contribution is -2.41. The van der Waals surface area contributed by atoms with Crippen LogP contribution in [0.25, 0.3) is 0 Å². The molecule has 80 valence electrons. The summed E-state index contributed by atoms with van der Waals surface area (Å²) in [4.78, 5) is 14.0. The van der Waals surface area contributed by atoms with Crippen LogP contribution in [0.15, 0.2) is 0 Å². The van der Waals surface area contributed by atoms with Gasteiger partial charge in [0.05, 0.1) is 0 Å². The Morgan fingerprint density at radius 2 is 2.21 bits per heavy atom. The smallest absolute Gasteiger partial charge is 0.225 e. The topological polar surface area (TPSA) is 46.3 Å². The highest BCUT2D eigenvalue weighted by Gasteiger charge is 2.36. The third-order valence-electron chi connectivity index (χ3n) is 3.73. The van der Waals surface area contributed by atoms with E-state index >= 15 is 0 Å². The van der Waals surface area contributed by atoms with Crippen LogP contribution in [-0.4, -0.2) is 29.9 Å². The summed E-state index contributed by atoms with van der Waals surface area (Å²) in [6, 6.07) is 0.414. The van der Waals surface area contributed by atoms with Gasteiger partial charge < -0.3 is 10.6 Å². The van der Waals surface area contributed by atoms with Gasteiger partial charge in [-0.15, -0.1) is 0 Å². The van der Waals surface area contributed by atoms with Crippen molar-refractivity contribution in [3.05, 3.63) is 0 Å². The van der Waals surface area contributed by atoms with Crippen LogP contribution in [0.3, 0.4) is 0 Å². The lowest BCUT2D eigenvalue weighted by molar-refractivity contribution is -0.138. The molecule has 3 heteroatoms. The van der Waals surface area contributed by atoms with Crippen molar-refractivity contribution in [3.8, 4) is 0 Å². The van der Waals surface area contributed by atoms with Gasteiger partial charge in [0.25, 0.3) is 0 Å². The molecule has 2 aliphatic rings.